The molecule has 138 valence electrons. The van der Waals surface area contributed by atoms with E-state index < -0.39 is 0 Å². The monoisotopic (exact) mass is 373 g/mol. The molecule has 0 aliphatic heterocycles. The van der Waals surface area contributed by atoms with Crippen molar-refractivity contribution < 1.29 is 4.79 Å². The van der Waals surface area contributed by atoms with Crippen LogP contribution >= 0.6 is 11.8 Å². The Bertz CT molecular complexity index is 992. The summed E-state index contributed by atoms with van der Waals surface area (Å²) < 4.78 is 3.55. The van der Waals surface area contributed by atoms with E-state index in [9.17, 15) is 9.59 Å². The van der Waals surface area contributed by atoms with E-state index in [1.165, 1.54) is 11.8 Å². The summed E-state index contributed by atoms with van der Waals surface area (Å²) in [6, 6.07) is 7.54. The summed E-state index contributed by atoms with van der Waals surface area (Å²) in [6.45, 7) is 6.53. The van der Waals surface area contributed by atoms with Gasteiger partial charge in [-0.3, -0.25) is 18.6 Å². The van der Waals surface area contributed by atoms with E-state index >= 15 is 0 Å². The maximum absolute atomic E-state index is 12.9. The van der Waals surface area contributed by atoms with Crippen LogP contribution in [0.2, 0.25) is 0 Å². The molecule has 0 spiro atoms. The zero-order chi connectivity index (χ0) is 18.7. The van der Waals surface area contributed by atoms with Crippen LogP contribution in [0.25, 0.3) is 16.7 Å². The predicted octanol–water partition coefficient (Wildman–Crippen LogP) is 2.46. The third kappa shape index (κ3) is 3.60. The first-order valence-electron chi connectivity index (χ1n) is 8.81. The highest BCUT2D eigenvalue weighted by Crippen LogP contribution is 2.21. The van der Waals surface area contributed by atoms with Crippen molar-refractivity contribution in [1.29, 1.82) is 0 Å². The van der Waals surface area contributed by atoms with E-state index in [1.807, 2.05) is 42.5 Å². The quantitative estimate of drug-likeness (QED) is 0.644. The van der Waals surface area contributed by atoms with E-state index in [0.717, 1.165) is 18.4 Å². The second kappa shape index (κ2) is 7.90. The number of carbonyl (C=O) groups is 1. The van der Waals surface area contributed by atoms with Gasteiger partial charge in [0.1, 0.15) is 0 Å². The normalized spacial score (nSPS) is 11.5. The van der Waals surface area contributed by atoms with Gasteiger partial charge in [0.2, 0.25) is 11.7 Å². The van der Waals surface area contributed by atoms with Crippen LogP contribution in [0.1, 0.15) is 33.6 Å². The third-order valence-corrected chi connectivity index (χ3v) is 4.92. The number of aryl methyl sites for hydroxylation is 1. The van der Waals surface area contributed by atoms with Gasteiger partial charge in [-0.15, -0.1) is 10.2 Å². The van der Waals surface area contributed by atoms with E-state index in [-0.39, 0.29) is 23.3 Å². The van der Waals surface area contributed by atoms with Gasteiger partial charge >= 0.3 is 0 Å². The molecule has 1 aromatic carbocycles. The molecule has 1 amide bonds. The number of nitrogens with zero attached hydrogens (tertiary/aromatic N) is 4. The maximum atomic E-state index is 12.9. The number of amides is 1. The molecule has 3 rings (SSSR count). The Balaban J connectivity index is 2.07. The summed E-state index contributed by atoms with van der Waals surface area (Å²) in [7, 11) is 0. The van der Waals surface area contributed by atoms with Crippen molar-refractivity contribution in [3.8, 4) is 0 Å². The first-order valence-corrected chi connectivity index (χ1v) is 9.80. The highest BCUT2D eigenvalue weighted by molar-refractivity contribution is 7.99. The van der Waals surface area contributed by atoms with Crippen molar-refractivity contribution in [3.05, 3.63) is 34.6 Å². The summed E-state index contributed by atoms with van der Waals surface area (Å²) in [4.78, 5) is 24.8. The molecule has 2 heterocycles. The molecular weight excluding hydrogens is 350 g/mol. The summed E-state index contributed by atoms with van der Waals surface area (Å²) in [5, 5.41) is 12.6. The smallest absolute Gasteiger partial charge is 0.262 e. The number of aromatic nitrogens is 4. The van der Waals surface area contributed by atoms with E-state index in [2.05, 4.69) is 22.4 Å². The second-order valence-corrected chi connectivity index (χ2v) is 7.40. The lowest BCUT2D eigenvalue weighted by Gasteiger charge is -2.11. The molecular formula is C18H23N5O2S. The van der Waals surface area contributed by atoms with Gasteiger partial charge in [0.05, 0.1) is 16.7 Å². The molecule has 1 N–H and O–H groups in total. The zero-order valence-electron chi connectivity index (χ0n) is 15.2. The second-order valence-electron chi connectivity index (χ2n) is 6.46. The Hall–Kier alpha value is -2.35. The summed E-state index contributed by atoms with van der Waals surface area (Å²) in [5.74, 6) is 0.723. The van der Waals surface area contributed by atoms with Crippen LogP contribution in [-0.2, 0) is 11.3 Å². The average Bonchev–Trinajstić information content (AvgIpc) is 3.03. The van der Waals surface area contributed by atoms with Crippen LogP contribution in [0, 0.1) is 0 Å². The van der Waals surface area contributed by atoms with Crippen LogP contribution in [0.4, 0.5) is 0 Å². The lowest BCUT2D eigenvalue weighted by atomic mass is 10.2. The highest BCUT2D eigenvalue weighted by Gasteiger charge is 2.17. The fourth-order valence-electron chi connectivity index (χ4n) is 2.84. The number of nitrogens with one attached hydrogen (secondary N) is 1. The van der Waals surface area contributed by atoms with E-state index in [1.54, 1.807) is 4.57 Å². The minimum Gasteiger partial charge on any atom is -0.353 e. The molecule has 0 saturated heterocycles. The average molecular weight is 373 g/mol. The van der Waals surface area contributed by atoms with Gasteiger partial charge in [-0.2, -0.15) is 0 Å². The number of unbranched alkanes of at least 4 members (excludes halogenated alkanes) is 1. The topological polar surface area (TPSA) is 81.3 Å². The van der Waals surface area contributed by atoms with Gasteiger partial charge in [0, 0.05) is 12.6 Å². The highest BCUT2D eigenvalue weighted by atomic mass is 32.2. The lowest BCUT2D eigenvalue weighted by Crippen LogP contribution is -2.31. The molecule has 26 heavy (non-hydrogen) atoms. The van der Waals surface area contributed by atoms with Gasteiger partial charge in [0.15, 0.2) is 5.16 Å². The number of benzene rings is 1. The molecule has 8 heteroatoms. The Morgan fingerprint density at radius 1 is 1.27 bits per heavy atom. The molecule has 2 aromatic heterocycles. The van der Waals surface area contributed by atoms with Gasteiger partial charge < -0.3 is 5.32 Å². The molecule has 0 radical (unpaired) electrons. The molecule has 0 fully saturated rings. The predicted molar refractivity (Wildman–Crippen MR) is 104 cm³/mol. The van der Waals surface area contributed by atoms with Crippen LogP contribution in [0.15, 0.2) is 34.2 Å². The molecule has 0 aliphatic rings. The number of rotatable bonds is 7. The van der Waals surface area contributed by atoms with Crippen molar-refractivity contribution >= 4 is 34.3 Å². The minimum absolute atomic E-state index is 0.0506. The largest absolute Gasteiger partial charge is 0.353 e. The molecule has 0 unspecified atom stereocenters. The van der Waals surface area contributed by atoms with Gasteiger partial charge in [-0.25, -0.2) is 0 Å². The molecule has 0 atom stereocenters. The molecule has 3 aromatic rings. The van der Waals surface area contributed by atoms with Gasteiger partial charge in [-0.1, -0.05) is 37.2 Å². The van der Waals surface area contributed by atoms with Crippen molar-refractivity contribution in [1.82, 2.24) is 24.5 Å². The number of para-hydroxylation sites is 1. The number of hydrogen-bond acceptors (Lipinski definition) is 5. The summed E-state index contributed by atoms with van der Waals surface area (Å²) in [6.07, 6.45) is 1.87. The van der Waals surface area contributed by atoms with Crippen LogP contribution in [-0.4, -0.2) is 36.9 Å². The molecule has 0 bridgehead atoms. The lowest BCUT2D eigenvalue weighted by molar-refractivity contribution is -0.119. The standard InChI is InChI=1S/C18H23N5O2S/c1-4-5-10-22-16(25)13-8-6-7-9-14(13)23-17(22)20-21-18(23)26-11-15(24)19-12(2)3/h6-9,12H,4-5,10-11H2,1-3H3,(H,19,24). The minimum atomic E-state index is -0.0527. The SMILES string of the molecule is CCCCn1c(=O)c2ccccc2n2c(SCC(=O)NC(C)C)nnc12. The van der Waals surface area contributed by atoms with Gasteiger partial charge in [0.25, 0.3) is 5.56 Å². The zero-order valence-corrected chi connectivity index (χ0v) is 16.0. The fourth-order valence-corrected chi connectivity index (χ4v) is 3.59. The van der Waals surface area contributed by atoms with Crippen LogP contribution in [0.5, 0.6) is 0 Å². The number of fused-ring (bicyclic) bond motifs is 3. The maximum Gasteiger partial charge on any atom is 0.262 e. The fraction of sp³-hybridized carbons (Fsp3) is 0.444. The van der Waals surface area contributed by atoms with Crippen molar-refractivity contribution in [3.63, 3.8) is 0 Å². The Morgan fingerprint density at radius 3 is 2.77 bits per heavy atom. The Labute approximate surface area is 155 Å². The summed E-state index contributed by atoms with van der Waals surface area (Å²) in [5.41, 5.74) is 0.708. The molecule has 0 saturated carbocycles. The van der Waals surface area contributed by atoms with Crippen molar-refractivity contribution in [2.75, 3.05) is 5.75 Å². The Morgan fingerprint density at radius 2 is 2.04 bits per heavy atom. The van der Waals surface area contributed by atoms with Crippen molar-refractivity contribution in [2.45, 2.75) is 51.4 Å². The summed E-state index contributed by atoms with van der Waals surface area (Å²) >= 11 is 1.32. The van der Waals surface area contributed by atoms with E-state index in [4.69, 9.17) is 0 Å². The third-order valence-electron chi connectivity index (χ3n) is 4.00. The number of thioether (sulfide) groups is 1. The van der Waals surface area contributed by atoms with E-state index in [0.29, 0.717) is 22.9 Å². The number of carbonyl (C=O) groups excluding carboxylic acids is 1. The Kier molecular flexibility index (Phi) is 5.61. The molecule has 0 aliphatic carbocycles. The van der Waals surface area contributed by atoms with Crippen LogP contribution in [0.3, 0.4) is 0 Å². The number of hydrogen-bond donors (Lipinski definition) is 1. The molecule has 7 nitrogen and oxygen atoms in total. The first kappa shape index (κ1) is 18.4. The van der Waals surface area contributed by atoms with Gasteiger partial charge in [-0.05, 0) is 32.4 Å². The van der Waals surface area contributed by atoms with Crippen molar-refractivity contribution in [2.24, 2.45) is 0 Å². The first-order chi connectivity index (χ1) is 12.5. The van der Waals surface area contributed by atoms with Crippen LogP contribution < -0.4 is 10.9 Å².